The maximum atomic E-state index is 5.47. The molecule has 0 aliphatic carbocycles. The molecule has 11 heavy (non-hydrogen) atoms. The number of hydrogen-bond donors (Lipinski definition) is 1. The molecule has 2 rings (SSSR count). The number of nitrogen functional groups attached to an aromatic ring is 1. The first-order chi connectivity index (χ1) is 5.27. The summed E-state index contributed by atoms with van der Waals surface area (Å²) >= 11 is 3.20. The van der Waals surface area contributed by atoms with E-state index in [1.807, 2.05) is 0 Å². The van der Waals surface area contributed by atoms with Crippen LogP contribution in [0.4, 0.5) is 5.82 Å². The molecule has 0 aliphatic heterocycles. The van der Waals surface area contributed by atoms with Crippen molar-refractivity contribution in [3.63, 3.8) is 0 Å². The minimum Gasteiger partial charge on any atom is -0.380 e. The molecule has 0 bridgehead atoms. The second-order valence-electron chi connectivity index (χ2n) is 2.07. The summed E-state index contributed by atoms with van der Waals surface area (Å²) in [5, 5.41) is 4.32. The van der Waals surface area contributed by atoms with Crippen molar-refractivity contribution in [1.82, 2.24) is 10.1 Å². The van der Waals surface area contributed by atoms with Crippen LogP contribution in [0.25, 0.3) is 11.0 Å². The van der Waals surface area contributed by atoms with Crippen molar-refractivity contribution in [3.05, 3.63) is 16.9 Å². The number of rotatable bonds is 0. The molecule has 0 fully saturated rings. The summed E-state index contributed by atoms with van der Waals surface area (Å²) in [6, 6.07) is 1.72. The van der Waals surface area contributed by atoms with Crippen molar-refractivity contribution in [3.8, 4) is 0 Å². The Balaban J connectivity index is 2.86. The first-order valence-corrected chi connectivity index (χ1v) is 3.73. The largest absolute Gasteiger partial charge is 0.380 e. The van der Waals surface area contributed by atoms with Gasteiger partial charge in [0, 0.05) is 12.3 Å². The highest BCUT2D eigenvalue weighted by Gasteiger charge is 2.04. The quantitative estimate of drug-likeness (QED) is 0.676. The minimum atomic E-state index is 0.375. The van der Waals surface area contributed by atoms with E-state index in [1.54, 1.807) is 12.3 Å². The average molecular weight is 214 g/mol. The third kappa shape index (κ3) is 0.970. The molecular formula is C6H4BrN3O. The summed E-state index contributed by atoms with van der Waals surface area (Å²) in [6.45, 7) is 0. The Morgan fingerprint density at radius 2 is 2.36 bits per heavy atom. The fourth-order valence-corrected chi connectivity index (χ4v) is 1.14. The molecule has 0 atom stereocenters. The lowest BCUT2D eigenvalue weighted by atomic mass is 10.3. The number of hydrogen-bond acceptors (Lipinski definition) is 4. The van der Waals surface area contributed by atoms with Crippen LogP contribution < -0.4 is 5.73 Å². The molecule has 0 aliphatic rings. The van der Waals surface area contributed by atoms with Crippen LogP contribution in [-0.2, 0) is 0 Å². The Labute approximate surface area is 70.5 Å². The van der Waals surface area contributed by atoms with Gasteiger partial charge in [-0.3, -0.25) is 0 Å². The Kier molecular flexibility index (Phi) is 1.32. The van der Waals surface area contributed by atoms with Gasteiger partial charge in [-0.25, -0.2) is 4.98 Å². The Bertz CT molecular complexity index is 398. The highest BCUT2D eigenvalue weighted by atomic mass is 79.9. The zero-order chi connectivity index (χ0) is 7.84. The average Bonchev–Trinajstić information content (AvgIpc) is 2.32. The number of pyridine rings is 1. The van der Waals surface area contributed by atoms with Crippen molar-refractivity contribution >= 4 is 32.7 Å². The standard InChI is InChI=1S/C6H4BrN3O/c7-5-1-4-3(2-9-5)6(8)10-11-4/h1-2H,(H2,8,10). The minimum absolute atomic E-state index is 0.375. The molecule has 2 N–H and O–H groups in total. The first-order valence-electron chi connectivity index (χ1n) is 2.94. The molecule has 0 aromatic carbocycles. The molecule has 2 heterocycles. The fourth-order valence-electron chi connectivity index (χ4n) is 0.828. The molecule has 0 radical (unpaired) electrons. The van der Waals surface area contributed by atoms with Gasteiger partial charge < -0.3 is 10.3 Å². The van der Waals surface area contributed by atoms with E-state index in [-0.39, 0.29) is 0 Å². The molecule has 56 valence electrons. The topological polar surface area (TPSA) is 64.9 Å². The number of aromatic nitrogens is 2. The number of nitrogens with zero attached hydrogens (tertiary/aromatic N) is 2. The molecule has 0 spiro atoms. The number of anilines is 1. The van der Waals surface area contributed by atoms with Crippen molar-refractivity contribution in [2.75, 3.05) is 5.73 Å². The summed E-state index contributed by atoms with van der Waals surface area (Å²) < 4.78 is 5.59. The van der Waals surface area contributed by atoms with E-state index >= 15 is 0 Å². The normalized spacial score (nSPS) is 10.6. The number of fused-ring (bicyclic) bond motifs is 1. The Morgan fingerprint density at radius 3 is 3.18 bits per heavy atom. The lowest BCUT2D eigenvalue weighted by Gasteiger charge is -1.86. The van der Waals surface area contributed by atoms with Crippen LogP contribution >= 0.6 is 15.9 Å². The van der Waals surface area contributed by atoms with Crippen LogP contribution in [0.1, 0.15) is 0 Å². The second-order valence-corrected chi connectivity index (χ2v) is 2.88. The highest BCUT2D eigenvalue weighted by Crippen LogP contribution is 2.21. The van der Waals surface area contributed by atoms with Gasteiger partial charge >= 0.3 is 0 Å². The predicted molar refractivity (Wildman–Crippen MR) is 43.9 cm³/mol. The molecule has 0 saturated heterocycles. The van der Waals surface area contributed by atoms with Gasteiger partial charge in [-0.15, -0.1) is 0 Å². The summed E-state index contributed by atoms with van der Waals surface area (Å²) in [6.07, 6.45) is 1.62. The third-order valence-electron chi connectivity index (χ3n) is 1.35. The molecule has 4 nitrogen and oxygen atoms in total. The van der Waals surface area contributed by atoms with Crippen molar-refractivity contribution in [2.24, 2.45) is 0 Å². The maximum absolute atomic E-state index is 5.47. The van der Waals surface area contributed by atoms with Gasteiger partial charge in [0.05, 0.1) is 5.39 Å². The summed E-state index contributed by atoms with van der Waals surface area (Å²) in [5.41, 5.74) is 6.11. The van der Waals surface area contributed by atoms with Gasteiger partial charge in [-0.1, -0.05) is 5.16 Å². The summed E-state index contributed by atoms with van der Waals surface area (Å²) in [4.78, 5) is 3.98. The van der Waals surface area contributed by atoms with E-state index in [0.717, 1.165) is 5.39 Å². The third-order valence-corrected chi connectivity index (χ3v) is 1.78. The van der Waals surface area contributed by atoms with Crippen LogP contribution in [0.2, 0.25) is 0 Å². The van der Waals surface area contributed by atoms with E-state index in [2.05, 4.69) is 26.1 Å². The smallest absolute Gasteiger partial charge is 0.176 e. The van der Waals surface area contributed by atoms with E-state index in [4.69, 9.17) is 10.3 Å². The van der Waals surface area contributed by atoms with Gasteiger partial charge in [-0.05, 0) is 15.9 Å². The molecule has 2 aromatic heterocycles. The van der Waals surface area contributed by atoms with Gasteiger partial charge in [0.15, 0.2) is 11.4 Å². The van der Waals surface area contributed by atoms with Crippen LogP contribution in [-0.4, -0.2) is 10.1 Å². The second kappa shape index (κ2) is 2.20. The van der Waals surface area contributed by atoms with Crippen molar-refractivity contribution < 1.29 is 4.52 Å². The Morgan fingerprint density at radius 1 is 1.55 bits per heavy atom. The zero-order valence-corrected chi connectivity index (χ0v) is 7.00. The van der Waals surface area contributed by atoms with E-state index in [0.29, 0.717) is 16.0 Å². The van der Waals surface area contributed by atoms with E-state index in [9.17, 15) is 0 Å². The lowest BCUT2D eigenvalue weighted by Crippen LogP contribution is -1.83. The van der Waals surface area contributed by atoms with Crippen molar-refractivity contribution in [2.45, 2.75) is 0 Å². The van der Waals surface area contributed by atoms with Crippen LogP contribution in [0.3, 0.4) is 0 Å². The SMILES string of the molecule is Nc1noc2cc(Br)ncc12. The maximum Gasteiger partial charge on any atom is 0.176 e. The van der Waals surface area contributed by atoms with E-state index in [1.165, 1.54) is 0 Å². The molecule has 0 saturated carbocycles. The molecular weight excluding hydrogens is 210 g/mol. The van der Waals surface area contributed by atoms with E-state index < -0.39 is 0 Å². The van der Waals surface area contributed by atoms with Gasteiger partial charge in [0.25, 0.3) is 0 Å². The van der Waals surface area contributed by atoms with Gasteiger partial charge in [0.2, 0.25) is 0 Å². The van der Waals surface area contributed by atoms with Gasteiger partial charge in [0.1, 0.15) is 4.60 Å². The Hall–Kier alpha value is -1.10. The molecule has 0 unspecified atom stereocenters. The van der Waals surface area contributed by atoms with Crippen LogP contribution in [0, 0.1) is 0 Å². The molecule has 5 heteroatoms. The number of nitrogens with two attached hydrogens (primary N) is 1. The monoisotopic (exact) mass is 213 g/mol. The molecule has 0 amide bonds. The van der Waals surface area contributed by atoms with Gasteiger partial charge in [-0.2, -0.15) is 0 Å². The highest BCUT2D eigenvalue weighted by molar-refractivity contribution is 9.10. The fraction of sp³-hybridized carbons (Fsp3) is 0. The zero-order valence-electron chi connectivity index (χ0n) is 5.41. The first kappa shape index (κ1) is 6.60. The predicted octanol–water partition coefficient (Wildman–Crippen LogP) is 1.57. The van der Waals surface area contributed by atoms with Crippen LogP contribution in [0.15, 0.2) is 21.4 Å². The summed E-state index contributed by atoms with van der Waals surface area (Å²) in [5.74, 6) is 0.375. The van der Waals surface area contributed by atoms with Crippen LogP contribution in [0.5, 0.6) is 0 Å². The molecule has 2 aromatic rings. The summed E-state index contributed by atoms with van der Waals surface area (Å²) in [7, 11) is 0. The number of halogens is 1. The van der Waals surface area contributed by atoms with Crippen molar-refractivity contribution in [1.29, 1.82) is 0 Å². The lowest BCUT2D eigenvalue weighted by molar-refractivity contribution is 0.460.